The van der Waals surface area contributed by atoms with Crippen LogP contribution in [0.4, 0.5) is 10.5 Å². The van der Waals surface area contributed by atoms with Crippen molar-refractivity contribution in [2.45, 2.75) is 57.5 Å². The lowest BCUT2D eigenvalue weighted by Gasteiger charge is -2.41. The fourth-order valence-corrected chi connectivity index (χ4v) is 7.01. The van der Waals surface area contributed by atoms with Crippen LogP contribution in [0, 0.1) is 6.92 Å². The third kappa shape index (κ3) is 6.52. The zero-order valence-corrected chi connectivity index (χ0v) is 25.3. The Bertz CT molecular complexity index is 1370. The number of hydrogen-bond acceptors (Lipinski definition) is 5. The fourth-order valence-electron chi connectivity index (χ4n) is 6.88. The number of rotatable bonds is 6. The number of carbonyl (C=O) groups is 2. The third-order valence-corrected chi connectivity index (χ3v) is 9.54. The van der Waals surface area contributed by atoms with Crippen molar-refractivity contribution in [3.63, 3.8) is 0 Å². The number of amides is 3. The fraction of sp³-hybridized carbons (Fsp3) is 0.531. The maximum atomic E-state index is 14.0. The van der Waals surface area contributed by atoms with Crippen LogP contribution in [0.2, 0.25) is 5.02 Å². The van der Waals surface area contributed by atoms with Gasteiger partial charge in [-0.25, -0.2) is 4.79 Å². The van der Waals surface area contributed by atoms with Crippen LogP contribution < -0.4 is 10.2 Å². The van der Waals surface area contributed by atoms with E-state index in [1.807, 2.05) is 47.2 Å². The van der Waals surface area contributed by atoms with Gasteiger partial charge < -0.3 is 24.9 Å². The van der Waals surface area contributed by atoms with Gasteiger partial charge in [0.25, 0.3) is 0 Å². The lowest BCUT2D eigenvalue weighted by molar-refractivity contribution is -0.134. The van der Waals surface area contributed by atoms with E-state index in [0.717, 1.165) is 66.7 Å². The molecule has 3 aliphatic heterocycles. The number of H-pyrrole nitrogens is 1. The second-order valence-electron chi connectivity index (χ2n) is 12.1. The summed E-state index contributed by atoms with van der Waals surface area (Å²) in [4.78, 5) is 36.3. The number of piperidine rings is 2. The molecule has 3 aromatic rings. The van der Waals surface area contributed by atoms with Gasteiger partial charge in [0, 0.05) is 67.8 Å². The summed E-state index contributed by atoms with van der Waals surface area (Å²) in [7, 11) is 0. The van der Waals surface area contributed by atoms with Crippen molar-refractivity contribution in [2.75, 3.05) is 57.3 Å². The summed E-state index contributed by atoms with van der Waals surface area (Å²) < 4.78 is 0. The first-order valence-corrected chi connectivity index (χ1v) is 15.8. The lowest BCUT2D eigenvalue weighted by atomic mass is 9.97. The number of nitrogens with one attached hydrogen (secondary N) is 2. The van der Waals surface area contributed by atoms with E-state index in [2.05, 4.69) is 37.4 Å². The molecule has 42 heavy (non-hydrogen) atoms. The third-order valence-electron chi connectivity index (χ3n) is 9.28. The van der Waals surface area contributed by atoms with Gasteiger partial charge in [-0.1, -0.05) is 24.1 Å². The van der Waals surface area contributed by atoms with Crippen molar-refractivity contribution in [1.29, 1.82) is 0 Å². The number of aryl methyl sites for hydroxylation is 1. The smallest absolute Gasteiger partial charge is 0.318 e. The molecule has 0 saturated carbocycles. The Labute approximate surface area is 253 Å². The molecule has 224 valence electrons. The number of aromatic amines is 1. The molecular formula is C32H42ClN7O2. The van der Waals surface area contributed by atoms with E-state index in [-0.39, 0.29) is 11.9 Å². The molecule has 6 rings (SSSR count). The number of hydrogen-bond donors (Lipinski definition) is 2. The van der Waals surface area contributed by atoms with Crippen LogP contribution in [-0.2, 0) is 11.2 Å². The highest BCUT2D eigenvalue weighted by molar-refractivity contribution is 6.30. The van der Waals surface area contributed by atoms with Gasteiger partial charge in [-0.15, -0.1) is 0 Å². The molecule has 10 heteroatoms. The molecule has 3 amide bonds. The quantitative estimate of drug-likeness (QED) is 0.442. The Balaban J connectivity index is 1.12. The highest BCUT2D eigenvalue weighted by atomic mass is 35.5. The standard InChI is InChI=1S/C32H42ClN7O2/c1-23-19-24(20-25-22-34-36-30(23)25)21-29(31(41)39-13-9-28(10-14-39)37-11-3-2-4-12-37)35-32(42)40-17-15-38(16-18-40)27-7-5-26(33)6-8-27/h5-8,19-20,22,28-29H,2-4,9-18,21H2,1H3,(H,34,36)(H,35,42)/t29-/m1/s1. The molecule has 1 aromatic heterocycles. The first-order valence-electron chi connectivity index (χ1n) is 15.5. The molecule has 3 fully saturated rings. The summed E-state index contributed by atoms with van der Waals surface area (Å²) >= 11 is 6.06. The van der Waals surface area contributed by atoms with Gasteiger partial charge in [0.05, 0.1) is 11.7 Å². The van der Waals surface area contributed by atoms with Crippen molar-refractivity contribution in [2.24, 2.45) is 0 Å². The van der Waals surface area contributed by atoms with E-state index >= 15 is 0 Å². The molecule has 9 nitrogen and oxygen atoms in total. The molecule has 3 aliphatic rings. The summed E-state index contributed by atoms with van der Waals surface area (Å²) in [5.74, 6) is 0.0187. The zero-order chi connectivity index (χ0) is 29.1. The number of likely N-dealkylation sites (tertiary alicyclic amines) is 2. The SMILES string of the molecule is Cc1cc(C[C@@H](NC(=O)N2CCN(c3ccc(Cl)cc3)CC2)C(=O)N2CCC(N3CCCCC3)CC2)cc2cn[nH]c12. The van der Waals surface area contributed by atoms with Gasteiger partial charge in [0.1, 0.15) is 6.04 Å². The van der Waals surface area contributed by atoms with Crippen molar-refractivity contribution >= 4 is 40.1 Å². The topological polar surface area (TPSA) is 87.8 Å². The van der Waals surface area contributed by atoms with E-state index in [1.165, 1.54) is 32.4 Å². The van der Waals surface area contributed by atoms with Gasteiger partial charge >= 0.3 is 6.03 Å². The van der Waals surface area contributed by atoms with Gasteiger partial charge in [-0.2, -0.15) is 5.10 Å². The number of nitrogens with zero attached hydrogens (tertiary/aromatic N) is 5. The summed E-state index contributed by atoms with van der Waals surface area (Å²) in [6, 6.07) is 11.8. The predicted octanol–water partition coefficient (Wildman–Crippen LogP) is 4.44. The molecule has 0 unspecified atom stereocenters. The highest BCUT2D eigenvalue weighted by Crippen LogP contribution is 2.24. The number of carbonyl (C=O) groups excluding carboxylic acids is 2. The van der Waals surface area contributed by atoms with Crippen molar-refractivity contribution < 1.29 is 9.59 Å². The number of urea groups is 1. The Hall–Kier alpha value is -3.30. The highest BCUT2D eigenvalue weighted by Gasteiger charge is 2.33. The van der Waals surface area contributed by atoms with Crippen LogP contribution in [0.3, 0.4) is 0 Å². The Kier molecular flexibility index (Phi) is 8.86. The maximum absolute atomic E-state index is 14.0. The summed E-state index contributed by atoms with van der Waals surface area (Å²) in [6.07, 6.45) is 8.15. The maximum Gasteiger partial charge on any atom is 0.318 e. The summed E-state index contributed by atoms with van der Waals surface area (Å²) in [5.41, 5.74) is 4.21. The second-order valence-corrected chi connectivity index (χ2v) is 12.5. The van der Waals surface area contributed by atoms with Crippen LogP contribution in [-0.4, -0.2) is 101 Å². The molecule has 3 saturated heterocycles. The molecule has 2 aromatic carbocycles. The molecule has 0 spiro atoms. The van der Waals surface area contributed by atoms with E-state index in [0.29, 0.717) is 30.6 Å². The summed E-state index contributed by atoms with van der Waals surface area (Å²) in [5, 5.41) is 12.1. The molecule has 1 atom stereocenters. The monoisotopic (exact) mass is 591 g/mol. The number of fused-ring (bicyclic) bond motifs is 1. The number of halogens is 1. The normalized spacial score (nSPS) is 19.7. The molecular weight excluding hydrogens is 550 g/mol. The molecule has 0 radical (unpaired) electrons. The second kappa shape index (κ2) is 12.9. The lowest BCUT2D eigenvalue weighted by Crippen LogP contribution is -2.58. The van der Waals surface area contributed by atoms with Gasteiger partial charge in [-0.05, 0) is 87.2 Å². The molecule has 0 aliphatic carbocycles. The number of anilines is 1. The number of benzene rings is 2. The van der Waals surface area contributed by atoms with Gasteiger partial charge in [0.15, 0.2) is 0 Å². The van der Waals surface area contributed by atoms with Crippen molar-refractivity contribution in [1.82, 2.24) is 30.2 Å². The molecule has 2 N–H and O–H groups in total. The number of aromatic nitrogens is 2. The largest absolute Gasteiger partial charge is 0.368 e. The van der Waals surface area contributed by atoms with Crippen LogP contribution in [0.5, 0.6) is 0 Å². The Morgan fingerprint density at radius 1 is 0.952 bits per heavy atom. The van der Waals surface area contributed by atoms with E-state index in [4.69, 9.17) is 11.6 Å². The minimum absolute atomic E-state index is 0.0187. The first kappa shape index (κ1) is 28.8. The average molecular weight is 592 g/mol. The Morgan fingerprint density at radius 2 is 1.67 bits per heavy atom. The van der Waals surface area contributed by atoms with Crippen LogP contribution in [0.15, 0.2) is 42.6 Å². The van der Waals surface area contributed by atoms with E-state index < -0.39 is 6.04 Å². The van der Waals surface area contributed by atoms with Gasteiger partial charge in [0.2, 0.25) is 5.91 Å². The minimum Gasteiger partial charge on any atom is -0.368 e. The van der Waals surface area contributed by atoms with Crippen LogP contribution in [0.25, 0.3) is 10.9 Å². The summed E-state index contributed by atoms with van der Waals surface area (Å²) in [6.45, 7) is 8.54. The van der Waals surface area contributed by atoms with E-state index in [9.17, 15) is 9.59 Å². The first-order chi connectivity index (χ1) is 20.4. The zero-order valence-electron chi connectivity index (χ0n) is 24.5. The number of piperazine rings is 1. The van der Waals surface area contributed by atoms with E-state index in [1.54, 1.807) is 0 Å². The van der Waals surface area contributed by atoms with Crippen molar-refractivity contribution in [3.05, 3.63) is 58.7 Å². The predicted molar refractivity (Wildman–Crippen MR) is 167 cm³/mol. The average Bonchev–Trinajstić information content (AvgIpc) is 3.51. The van der Waals surface area contributed by atoms with Crippen molar-refractivity contribution in [3.8, 4) is 0 Å². The molecule has 0 bridgehead atoms. The Morgan fingerprint density at radius 3 is 2.38 bits per heavy atom. The van der Waals surface area contributed by atoms with Gasteiger partial charge in [-0.3, -0.25) is 9.89 Å². The minimum atomic E-state index is -0.623. The molecule has 4 heterocycles. The van der Waals surface area contributed by atoms with Crippen LogP contribution in [0.1, 0.15) is 43.2 Å². The van der Waals surface area contributed by atoms with Crippen LogP contribution >= 0.6 is 11.6 Å².